The van der Waals surface area contributed by atoms with Gasteiger partial charge in [0.15, 0.2) is 5.13 Å². The van der Waals surface area contributed by atoms with Crippen LogP contribution in [0.3, 0.4) is 0 Å². The van der Waals surface area contributed by atoms with E-state index in [1.54, 1.807) is 25.4 Å². The second-order valence-corrected chi connectivity index (χ2v) is 10.9. The molecule has 0 aliphatic carbocycles. The number of hydrogen-bond acceptors (Lipinski definition) is 10. The van der Waals surface area contributed by atoms with Gasteiger partial charge in [-0.1, -0.05) is 11.3 Å². The molecule has 0 saturated carbocycles. The number of fused-ring (bicyclic) bond motifs is 1. The van der Waals surface area contributed by atoms with Crippen molar-refractivity contribution in [3.63, 3.8) is 0 Å². The van der Waals surface area contributed by atoms with Gasteiger partial charge in [0, 0.05) is 37.8 Å². The molecule has 3 heterocycles. The van der Waals surface area contributed by atoms with Gasteiger partial charge in [-0.05, 0) is 58.0 Å². The molecule has 38 heavy (non-hydrogen) atoms. The Bertz CT molecular complexity index is 1270. The van der Waals surface area contributed by atoms with Crippen LogP contribution in [0.5, 0.6) is 5.75 Å². The van der Waals surface area contributed by atoms with Gasteiger partial charge >= 0.3 is 5.97 Å². The number of morpholine rings is 1. The van der Waals surface area contributed by atoms with Crippen LogP contribution < -0.4 is 20.3 Å². The summed E-state index contributed by atoms with van der Waals surface area (Å²) in [5, 5.41) is 6.70. The average Bonchev–Trinajstić information content (AvgIpc) is 3.31. The highest BCUT2D eigenvalue weighted by molar-refractivity contribution is 7.23. The van der Waals surface area contributed by atoms with Gasteiger partial charge in [0.2, 0.25) is 0 Å². The molecule has 1 fully saturated rings. The molecule has 2 aromatic heterocycles. The number of thiazole rings is 1. The topological polar surface area (TPSA) is 115 Å². The van der Waals surface area contributed by atoms with Gasteiger partial charge in [-0.25, -0.2) is 4.98 Å². The van der Waals surface area contributed by atoms with E-state index in [4.69, 9.17) is 14.2 Å². The number of aromatic nitrogens is 2. The standard InChI is InChI=1S/C27H35N5O5S/c1-27(2,3)37-22(33)6-5-10-28-17-19-16-18(9-11-29-19)25(34)31-26-30-23-21(35-4)8-7-20(24(23)38-26)32-12-14-36-15-13-32/h7-9,11,16,28H,5-6,10,12-15,17H2,1-4H3,(H,30,31,34). The lowest BCUT2D eigenvalue weighted by atomic mass is 10.2. The molecule has 2 N–H and O–H groups in total. The number of rotatable bonds is 10. The molecule has 0 atom stereocenters. The van der Waals surface area contributed by atoms with Gasteiger partial charge in [-0.15, -0.1) is 0 Å². The zero-order chi connectivity index (χ0) is 27.1. The summed E-state index contributed by atoms with van der Waals surface area (Å²) < 4.78 is 17.3. The number of benzene rings is 1. The predicted octanol–water partition coefficient (Wildman–Crippen LogP) is 4.00. The van der Waals surface area contributed by atoms with E-state index in [1.807, 2.05) is 32.9 Å². The van der Waals surface area contributed by atoms with Crippen LogP contribution in [0.25, 0.3) is 10.2 Å². The highest BCUT2D eigenvalue weighted by atomic mass is 32.1. The van der Waals surface area contributed by atoms with E-state index in [-0.39, 0.29) is 11.9 Å². The highest BCUT2D eigenvalue weighted by Gasteiger charge is 2.20. The number of carbonyl (C=O) groups excluding carboxylic acids is 2. The molecule has 0 radical (unpaired) electrons. The number of ether oxygens (including phenoxy) is 3. The number of nitrogens with zero attached hydrogens (tertiary/aromatic N) is 3. The van der Waals surface area contributed by atoms with E-state index in [0.717, 1.165) is 34.7 Å². The SMILES string of the molecule is COc1ccc(N2CCOCC2)c2sc(NC(=O)c3ccnc(CNCCCC(=O)OC(C)(C)C)c3)nc12. The van der Waals surface area contributed by atoms with Crippen molar-refractivity contribution in [2.75, 3.05) is 50.2 Å². The Hall–Kier alpha value is -3.28. The van der Waals surface area contributed by atoms with E-state index in [2.05, 4.69) is 25.5 Å². The summed E-state index contributed by atoms with van der Waals surface area (Å²) in [6, 6.07) is 7.37. The molecule has 11 heteroatoms. The van der Waals surface area contributed by atoms with Crippen LogP contribution in [-0.4, -0.2) is 67.4 Å². The summed E-state index contributed by atoms with van der Waals surface area (Å²) in [5.74, 6) is 0.197. The van der Waals surface area contributed by atoms with Crippen LogP contribution in [-0.2, 0) is 20.8 Å². The van der Waals surface area contributed by atoms with Crippen molar-refractivity contribution in [3.8, 4) is 5.75 Å². The highest BCUT2D eigenvalue weighted by Crippen LogP contribution is 2.39. The first kappa shape index (κ1) is 27.7. The summed E-state index contributed by atoms with van der Waals surface area (Å²) >= 11 is 1.43. The van der Waals surface area contributed by atoms with Crippen molar-refractivity contribution in [1.29, 1.82) is 0 Å². The van der Waals surface area contributed by atoms with E-state index in [9.17, 15) is 9.59 Å². The zero-order valence-corrected chi connectivity index (χ0v) is 23.2. The van der Waals surface area contributed by atoms with Crippen LogP contribution in [0, 0.1) is 0 Å². The smallest absolute Gasteiger partial charge is 0.306 e. The average molecular weight is 542 g/mol. The molecule has 3 aromatic rings. The third-order valence-electron chi connectivity index (χ3n) is 5.82. The molecule has 1 aromatic carbocycles. The summed E-state index contributed by atoms with van der Waals surface area (Å²) in [7, 11) is 1.62. The van der Waals surface area contributed by atoms with Crippen molar-refractivity contribution in [2.45, 2.75) is 45.8 Å². The van der Waals surface area contributed by atoms with Gasteiger partial charge < -0.3 is 24.4 Å². The van der Waals surface area contributed by atoms with Crippen molar-refractivity contribution >= 4 is 44.2 Å². The number of nitrogens with one attached hydrogen (secondary N) is 2. The fraction of sp³-hybridized carbons (Fsp3) is 0.481. The number of hydrogen-bond donors (Lipinski definition) is 2. The minimum absolute atomic E-state index is 0.208. The quantitative estimate of drug-likeness (QED) is 0.290. The number of amides is 1. The fourth-order valence-electron chi connectivity index (χ4n) is 4.09. The Morgan fingerprint density at radius 3 is 2.71 bits per heavy atom. The van der Waals surface area contributed by atoms with E-state index < -0.39 is 5.60 Å². The molecule has 0 bridgehead atoms. The second kappa shape index (κ2) is 12.5. The van der Waals surface area contributed by atoms with Crippen LogP contribution >= 0.6 is 11.3 Å². The number of anilines is 2. The Morgan fingerprint density at radius 1 is 1.18 bits per heavy atom. The first-order valence-electron chi connectivity index (χ1n) is 12.7. The Balaban J connectivity index is 1.37. The first-order chi connectivity index (χ1) is 18.2. The summed E-state index contributed by atoms with van der Waals surface area (Å²) in [5.41, 5.74) is 2.53. The number of methoxy groups -OCH3 is 1. The van der Waals surface area contributed by atoms with Crippen molar-refractivity contribution in [3.05, 3.63) is 41.7 Å². The van der Waals surface area contributed by atoms with Gasteiger partial charge in [0.1, 0.15) is 16.9 Å². The molecule has 1 aliphatic rings. The fourth-order valence-corrected chi connectivity index (χ4v) is 5.11. The number of carbonyl (C=O) groups is 2. The second-order valence-electron chi connectivity index (χ2n) is 9.94. The van der Waals surface area contributed by atoms with E-state index >= 15 is 0 Å². The van der Waals surface area contributed by atoms with E-state index in [0.29, 0.717) is 55.6 Å². The third kappa shape index (κ3) is 7.40. The maximum atomic E-state index is 13.0. The maximum Gasteiger partial charge on any atom is 0.306 e. The van der Waals surface area contributed by atoms with Gasteiger partial charge in [-0.3, -0.25) is 19.9 Å². The van der Waals surface area contributed by atoms with E-state index in [1.165, 1.54) is 11.3 Å². The predicted molar refractivity (Wildman–Crippen MR) is 148 cm³/mol. The van der Waals surface area contributed by atoms with Gasteiger partial charge in [0.05, 0.1) is 36.4 Å². The normalized spacial score (nSPS) is 13.9. The largest absolute Gasteiger partial charge is 0.494 e. The monoisotopic (exact) mass is 541 g/mol. The molecule has 10 nitrogen and oxygen atoms in total. The molecule has 0 unspecified atom stereocenters. The molecule has 1 saturated heterocycles. The molecular formula is C27H35N5O5S. The molecule has 4 rings (SSSR count). The van der Waals surface area contributed by atoms with Crippen LogP contribution in [0.2, 0.25) is 0 Å². The minimum Gasteiger partial charge on any atom is -0.494 e. The Kier molecular flexibility index (Phi) is 9.13. The molecule has 1 aliphatic heterocycles. The lowest BCUT2D eigenvalue weighted by Gasteiger charge is -2.29. The van der Waals surface area contributed by atoms with Crippen LogP contribution in [0.15, 0.2) is 30.5 Å². The van der Waals surface area contributed by atoms with Crippen LogP contribution in [0.4, 0.5) is 10.8 Å². The van der Waals surface area contributed by atoms with Crippen molar-refractivity contribution in [2.24, 2.45) is 0 Å². The summed E-state index contributed by atoms with van der Waals surface area (Å²) in [6.45, 7) is 9.65. The third-order valence-corrected chi connectivity index (χ3v) is 6.81. The van der Waals surface area contributed by atoms with Crippen molar-refractivity contribution < 1.29 is 23.8 Å². The van der Waals surface area contributed by atoms with Gasteiger partial charge in [-0.2, -0.15) is 0 Å². The number of esters is 1. The lowest BCUT2D eigenvalue weighted by Crippen LogP contribution is -2.36. The summed E-state index contributed by atoms with van der Waals surface area (Å²) in [4.78, 5) is 36.2. The Morgan fingerprint density at radius 2 is 1.97 bits per heavy atom. The zero-order valence-electron chi connectivity index (χ0n) is 22.3. The molecular weight excluding hydrogens is 506 g/mol. The maximum absolute atomic E-state index is 13.0. The van der Waals surface area contributed by atoms with Gasteiger partial charge in [0.25, 0.3) is 5.91 Å². The Labute approximate surface area is 226 Å². The molecule has 204 valence electrons. The summed E-state index contributed by atoms with van der Waals surface area (Å²) in [6.07, 6.45) is 2.62. The number of pyridine rings is 1. The first-order valence-corrected chi connectivity index (χ1v) is 13.5. The van der Waals surface area contributed by atoms with Crippen LogP contribution in [0.1, 0.15) is 49.7 Å². The molecule has 1 amide bonds. The lowest BCUT2D eigenvalue weighted by molar-refractivity contribution is -0.154. The van der Waals surface area contributed by atoms with Crippen molar-refractivity contribution in [1.82, 2.24) is 15.3 Å². The molecule has 0 spiro atoms. The minimum atomic E-state index is -0.474.